The minimum Gasteiger partial charge on any atom is -0.324 e. The highest BCUT2D eigenvalue weighted by atomic mass is 35.5. The first-order valence-electron chi connectivity index (χ1n) is 6.70. The molecule has 1 aliphatic carbocycles. The summed E-state index contributed by atoms with van der Waals surface area (Å²) in [5.74, 6) is 1.81. The van der Waals surface area contributed by atoms with Gasteiger partial charge in [0.25, 0.3) is 0 Å². The van der Waals surface area contributed by atoms with Crippen molar-refractivity contribution in [2.45, 2.75) is 45.0 Å². The highest BCUT2D eigenvalue weighted by Gasteiger charge is 2.32. The fourth-order valence-electron chi connectivity index (χ4n) is 2.72. The maximum absolute atomic E-state index is 6.31. The third-order valence-corrected chi connectivity index (χ3v) is 4.13. The van der Waals surface area contributed by atoms with Gasteiger partial charge in [-0.05, 0) is 57.2 Å². The molecule has 1 aromatic heterocycles. The van der Waals surface area contributed by atoms with Gasteiger partial charge in [-0.3, -0.25) is 0 Å². The summed E-state index contributed by atoms with van der Waals surface area (Å²) >= 11 is 6.31. The third-order valence-electron chi connectivity index (χ3n) is 3.94. The fourth-order valence-corrected chi connectivity index (χ4v) is 2.87. The van der Waals surface area contributed by atoms with E-state index in [1.807, 2.05) is 6.92 Å². The van der Waals surface area contributed by atoms with E-state index in [1.165, 1.54) is 23.9 Å². The summed E-state index contributed by atoms with van der Waals surface area (Å²) in [4.78, 5) is 4.72. The SMILES string of the molecule is Cc1ccc2nc(C(C)Cl)n(C(C)C3CC3)c2c1. The zero-order valence-corrected chi connectivity index (χ0v) is 11.9. The van der Waals surface area contributed by atoms with Gasteiger partial charge >= 0.3 is 0 Å². The number of imidazole rings is 1. The first kappa shape index (κ1) is 12.0. The van der Waals surface area contributed by atoms with E-state index >= 15 is 0 Å². The standard InChI is InChI=1S/C15H19ClN2/c1-9-4-7-13-14(8-9)18(11(3)12-5-6-12)15(17-13)10(2)16/h4,7-8,10-12H,5-6H2,1-3H3. The van der Waals surface area contributed by atoms with Crippen molar-refractivity contribution >= 4 is 22.6 Å². The summed E-state index contributed by atoms with van der Waals surface area (Å²) in [5.41, 5.74) is 3.58. The van der Waals surface area contributed by atoms with Crippen LogP contribution in [-0.4, -0.2) is 9.55 Å². The lowest BCUT2D eigenvalue weighted by molar-refractivity contribution is 0.479. The van der Waals surface area contributed by atoms with Crippen LogP contribution >= 0.6 is 11.6 Å². The summed E-state index contributed by atoms with van der Waals surface area (Å²) < 4.78 is 2.36. The Morgan fingerprint density at radius 1 is 1.33 bits per heavy atom. The summed E-state index contributed by atoms with van der Waals surface area (Å²) in [6.07, 6.45) is 2.67. The smallest absolute Gasteiger partial charge is 0.127 e. The second-order valence-corrected chi connectivity index (χ2v) is 6.18. The van der Waals surface area contributed by atoms with Crippen molar-refractivity contribution in [3.05, 3.63) is 29.6 Å². The Balaban J connectivity index is 2.22. The monoisotopic (exact) mass is 262 g/mol. The van der Waals surface area contributed by atoms with Gasteiger partial charge in [-0.2, -0.15) is 0 Å². The molecule has 18 heavy (non-hydrogen) atoms. The summed E-state index contributed by atoms with van der Waals surface area (Å²) in [6.45, 7) is 6.43. The molecule has 0 amide bonds. The van der Waals surface area contributed by atoms with E-state index in [2.05, 4.69) is 36.6 Å². The molecule has 2 nitrogen and oxygen atoms in total. The molecular formula is C15H19ClN2. The number of aryl methyl sites for hydroxylation is 1. The van der Waals surface area contributed by atoms with Crippen LogP contribution in [0.2, 0.25) is 0 Å². The number of nitrogens with zero attached hydrogens (tertiary/aromatic N) is 2. The maximum atomic E-state index is 6.31. The van der Waals surface area contributed by atoms with Crippen LogP contribution in [0.5, 0.6) is 0 Å². The highest BCUT2D eigenvalue weighted by Crippen LogP contribution is 2.42. The Kier molecular flexibility index (Phi) is 2.86. The van der Waals surface area contributed by atoms with Crippen LogP contribution in [0.1, 0.15) is 49.5 Å². The van der Waals surface area contributed by atoms with Crippen LogP contribution < -0.4 is 0 Å². The maximum Gasteiger partial charge on any atom is 0.127 e. The molecule has 2 unspecified atom stereocenters. The number of hydrogen-bond donors (Lipinski definition) is 0. The highest BCUT2D eigenvalue weighted by molar-refractivity contribution is 6.20. The Hall–Kier alpha value is -1.02. The van der Waals surface area contributed by atoms with Crippen LogP contribution in [0.25, 0.3) is 11.0 Å². The lowest BCUT2D eigenvalue weighted by atomic mass is 10.1. The second kappa shape index (κ2) is 4.27. The van der Waals surface area contributed by atoms with E-state index < -0.39 is 0 Å². The Bertz CT molecular complexity index is 581. The number of fused-ring (bicyclic) bond motifs is 1. The van der Waals surface area contributed by atoms with Gasteiger partial charge in [0, 0.05) is 6.04 Å². The third kappa shape index (κ3) is 1.93. The number of benzene rings is 1. The summed E-state index contributed by atoms with van der Waals surface area (Å²) in [6, 6.07) is 6.95. The van der Waals surface area contributed by atoms with Crippen LogP contribution in [0.15, 0.2) is 18.2 Å². The first-order valence-corrected chi connectivity index (χ1v) is 7.14. The van der Waals surface area contributed by atoms with Crippen molar-refractivity contribution < 1.29 is 0 Å². The van der Waals surface area contributed by atoms with Crippen molar-refractivity contribution in [3.63, 3.8) is 0 Å². The predicted molar refractivity (Wildman–Crippen MR) is 76.2 cm³/mol. The van der Waals surface area contributed by atoms with Gasteiger partial charge in [-0.15, -0.1) is 11.6 Å². The van der Waals surface area contributed by atoms with Gasteiger partial charge in [0.1, 0.15) is 5.82 Å². The lowest BCUT2D eigenvalue weighted by Gasteiger charge is -2.18. The number of halogens is 1. The molecule has 96 valence electrons. The van der Waals surface area contributed by atoms with Crippen molar-refractivity contribution in [2.24, 2.45) is 5.92 Å². The van der Waals surface area contributed by atoms with Crippen LogP contribution in [0.3, 0.4) is 0 Å². The first-order chi connectivity index (χ1) is 8.58. The molecule has 2 atom stereocenters. The Morgan fingerprint density at radius 3 is 2.67 bits per heavy atom. The quantitative estimate of drug-likeness (QED) is 0.739. The molecule has 0 bridgehead atoms. The topological polar surface area (TPSA) is 17.8 Å². The van der Waals surface area contributed by atoms with Crippen molar-refractivity contribution in [2.75, 3.05) is 0 Å². The average Bonchev–Trinajstić information content (AvgIpc) is 3.09. The van der Waals surface area contributed by atoms with Gasteiger partial charge in [0.05, 0.1) is 16.4 Å². The number of aromatic nitrogens is 2. The van der Waals surface area contributed by atoms with Gasteiger partial charge in [-0.25, -0.2) is 4.98 Å². The number of alkyl halides is 1. The normalized spacial score (nSPS) is 19.1. The molecule has 0 aliphatic heterocycles. The molecule has 3 heteroatoms. The Labute approximate surface area is 113 Å². The van der Waals surface area contributed by atoms with E-state index in [0.717, 1.165) is 17.3 Å². The van der Waals surface area contributed by atoms with Crippen LogP contribution in [0, 0.1) is 12.8 Å². The molecule has 3 rings (SSSR count). The van der Waals surface area contributed by atoms with E-state index in [0.29, 0.717) is 6.04 Å². The zero-order valence-electron chi connectivity index (χ0n) is 11.2. The predicted octanol–water partition coefficient (Wildman–Crippen LogP) is 4.62. The van der Waals surface area contributed by atoms with Crippen LogP contribution in [0.4, 0.5) is 0 Å². The molecule has 0 N–H and O–H groups in total. The molecule has 1 heterocycles. The summed E-state index contributed by atoms with van der Waals surface area (Å²) in [5, 5.41) is -0.0427. The lowest BCUT2D eigenvalue weighted by Crippen LogP contribution is -2.11. The molecule has 0 radical (unpaired) electrons. The molecule has 0 saturated heterocycles. The average molecular weight is 263 g/mol. The Morgan fingerprint density at radius 2 is 2.06 bits per heavy atom. The molecule has 0 spiro atoms. The molecule has 1 aliphatic rings. The number of rotatable bonds is 3. The van der Waals surface area contributed by atoms with Crippen LogP contribution in [-0.2, 0) is 0 Å². The summed E-state index contributed by atoms with van der Waals surface area (Å²) in [7, 11) is 0. The van der Waals surface area contributed by atoms with E-state index in [9.17, 15) is 0 Å². The number of hydrogen-bond acceptors (Lipinski definition) is 1. The van der Waals surface area contributed by atoms with Crippen molar-refractivity contribution in [3.8, 4) is 0 Å². The van der Waals surface area contributed by atoms with Gasteiger partial charge in [-0.1, -0.05) is 6.07 Å². The van der Waals surface area contributed by atoms with Crippen molar-refractivity contribution in [1.29, 1.82) is 0 Å². The molecular weight excluding hydrogens is 244 g/mol. The molecule has 1 fully saturated rings. The molecule has 2 aromatic rings. The minimum absolute atomic E-state index is 0.0427. The van der Waals surface area contributed by atoms with Gasteiger partial charge < -0.3 is 4.57 Å². The van der Waals surface area contributed by atoms with E-state index in [-0.39, 0.29) is 5.38 Å². The van der Waals surface area contributed by atoms with Gasteiger partial charge in [0.15, 0.2) is 0 Å². The zero-order chi connectivity index (χ0) is 12.9. The largest absolute Gasteiger partial charge is 0.324 e. The van der Waals surface area contributed by atoms with Crippen molar-refractivity contribution in [1.82, 2.24) is 9.55 Å². The fraction of sp³-hybridized carbons (Fsp3) is 0.533. The molecule has 1 saturated carbocycles. The van der Waals surface area contributed by atoms with E-state index in [4.69, 9.17) is 16.6 Å². The van der Waals surface area contributed by atoms with E-state index in [1.54, 1.807) is 0 Å². The van der Waals surface area contributed by atoms with Gasteiger partial charge in [0.2, 0.25) is 0 Å². The second-order valence-electron chi connectivity index (χ2n) is 5.53. The minimum atomic E-state index is -0.0427. The molecule has 1 aromatic carbocycles.